The van der Waals surface area contributed by atoms with Crippen molar-refractivity contribution in [2.24, 2.45) is 16.3 Å². The molecule has 2 aliphatic rings. The molecule has 0 amide bonds. The van der Waals surface area contributed by atoms with Gasteiger partial charge in [0.1, 0.15) is 0 Å². The lowest BCUT2D eigenvalue weighted by Gasteiger charge is -2.24. The molecule has 0 saturated heterocycles. The molecule has 92 valence electrons. The fourth-order valence-corrected chi connectivity index (χ4v) is 2.21. The summed E-state index contributed by atoms with van der Waals surface area (Å²) in [5, 5.41) is 3.42. The predicted octanol–water partition coefficient (Wildman–Crippen LogP) is 1.53. The van der Waals surface area contributed by atoms with Gasteiger partial charge >= 0.3 is 0 Å². The van der Waals surface area contributed by atoms with E-state index in [-0.39, 0.29) is 0 Å². The normalized spacial score (nSPS) is 25.2. The van der Waals surface area contributed by atoms with Crippen LogP contribution in [0.5, 0.6) is 0 Å². The van der Waals surface area contributed by atoms with Crippen LogP contribution in [-0.4, -0.2) is 18.5 Å². The van der Waals surface area contributed by atoms with E-state index in [0.717, 1.165) is 12.5 Å². The van der Waals surface area contributed by atoms with Crippen molar-refractivity contribution in [3.63, 3.8) is 0 Å². The van der Waals surface area contributed by atoms with Crippen LogP contribution in [0, 0.1) is 5.41 Å². The highest BCUT2D eigenvalue weighted by Crippen LogP contribution is 2.44. The average Bonchev–Trinajstić information content (AvgIpc) is 3.04. The van der Waals surface area contributed by atoms with Crippen LogP contribution in [0.2, 0.25) is 0 Å². The van der Waals surface area contributed by atoms with Crippen LogP contribution in [0.1, 0.15) is 51.9 Å². The Morgan fingerprint density at radius 2 is 2.00 bits per heavy atom. The van der Waals surface area contributed by atoms with Crippen LogP contribution >= 0.6 is 0 Å². The Morgan fingerprint density at radius 1 is 1.31 bits per heavy atom. The minimum atomic E-state index is 0.455. The highest BCUT2D eigenvalue weighted by Gasteiger charge is 2.36. The van der Waals surface area contributed by atoms with Crippen molar-refractivity contribution >= 4 is 5.96 Å². The summed E-state index contributed by atoms with van der Waals surface area (Å²) in [5.74, 6) is 6.27. The first-order valence-corrected chi connectivity index (χ1v) is 6.49. The first kappa shape index (κ1) is 11.7. The molecule has 2 saturated carbocycles. The summed E-state index contributed by atoms with van der Waals surface area (Å²) in [7, 11) is 0. The fraction of sp³-hybridized carbons (Fsp3) is 0.917. The van der Waals surface area contributed by atoms with Gasteiger partial charge in [-0.3, -0.25) is 10.4 Å². The number of guanidine groups is 1. The molecular formula is C12H24N4. The minimum Gasteiger partial charge on any atom is -0.353 e. The second-order valence-corrected chi connectivity index (χ2v) is 5.60. The van der Waals surface area contributed by atoms with Gasteiger partial charge in [-0.25, -0.2) is 5.84 Å². The van der Waals surface area contributed by atoms with Gasteiger partial charge < -0.3 is 5.32 Å². The number of nitrogens with two attached hydrogens (primary N) is 1. The number of hydrogen-bond donors (Lipinski definition) is 3. The predicted molar refractivity (Wildman–Crippen MR) is 67.0 cm³/mol. The van der Waals surface area contributed by atoms with E-state index in [4.69, 9.17) is 5.84 Å². The maximum atomic E-state index is 5.50. The molecule has 0 aromatic rings. The Labute approximate surface area is 98.0 Å². The molecule has 16 heavy (non-hydrogen) atoms. The first-order valence-electron chi connectivity index (χ1n) is 6.49. The Balaban J connectivity index is 1.79. The molecule has 0 atom stereocenters. The van der Waals surface area contributed by atoms with Gasteiger partial charge in [0.2, 0.25) is 5.96 Å². The zero-order valence-corrected chi connectivity index (χ0v) is 10.3. The Bertz CT molecular complexity index is 252. The van der Waals surface area contributed by atoms with Gasteiger partial charge in [0.05, 0.1) is 0 Å². The summed E-state index contributed by atoms with van der Waals surface area (Å²) < 4.78 is 0. The van der Waals surface area contributed by atoms with E-state index in [2.05, 4.69) is 22.7 Å². The number of rotatable bonds is 3. The zero-order chi connectivity index (χ0) is 11.4. The SMILES string of the molecule is CC1(CN=C(NN)NC2CCCCC2)CC1. The summed E-state index contributed by atoms with van der Waals surface area (Å²) in [5.41, 5.74) is 3.14. The van der Waals surface area contributed by atoms with Crippen LogP contribution in [0.15, 0.2) is 4.99 Å². The van der Waals surface area contributed by atoms with Gasteiger partial charge in [-0.05, 0) is 31.1 Å². The molecule has 2 fully saturated rings. The van der Waals surface area contributed by atoms with Gasteiger partial charge in [0, 0.05) is 12.6 Å². The summed E-state index contributed by atoms with van der Waals surface area (Å²) in [6.07, 6.45) is 9.13. The zero-order valence-electron chi connectivity index (χ0n) is 10.3. The van der Waals surface area contributed by atoms with E-state index in [1.807, 2.05) is 0 Å². The van der Waals surface area contributed by atoms with Crippen LogP contribution in [0.25, 0.3) is 0 Å². The summed E-state index contributed by atoms with van der Waals surface area (Å²) >= 11 is 0. The highest BCUT2D eigenvalue weighted by molar-refractivity contribution is 5.79. The number of nitrogens with zero attached hydrogens (tertiary/aromatic N) is 1. The Hall–Kier alpha value is -0.770. The van der Waals surface area contributed by atoms with E-state index < -0.39 is 0 Å². The molecule has 0 aromatic heterocycles. The molecule has 4 N–H and O–H groups in total. The molecule has 0 aromatic carbocycles. The second kappa shape index (κ2) is 5.04. The average molecular weight is 224 g/mol. The van der Waals surface area contributed by atoms with E-state index in [1.54, 1.807) is 0 Å². The smallest absolute Gasteiger partial charge is 0.205 e. The van der Waals surface area contributed by atoms with Crippen LogP contribution in [0.4, 0.5) is 0 Å². The largest absolute Gasteiger partial charge is 0.353 e. The highest BCUT2D eigenvalue weighted by atomic mass is 15.3. The first-order chi connectivity index (χ1) is 7.72. The molecule has 4 nitrogen and oxygen atoms in total. The van der Waals surface area contributed by atoms with Gasteiger partial charge in [0.25, 0.3) is 0 Å². The number of aliphatic imine (C=N–C) groups is 1. The van der Waals surface area contributed by atoms with E-state index in [0.29, 0.717) is 11.5 Å². The lowest BCUT2D eigenvalue weighted by atomic mass is 9.96. The van der Waals surface area contributed by atoms with Crippen molar-refractivity contribution < 1.29 is 0 Å². The van der Waals surface area contributed by atoms with Gasteiger partial charge in [-0.2, -0.15) is 0 Å². The molecule has 0 aliphatic heterocycles. The maximum absolute atomic E-state index is 5.50. The molecule has 0 radical (unpaired) electrons. The fourth-order valence-electron chi connectivity index (χ4n) is 2.21. The lowest BCUT2D eigenvalue weighted by molar-refractivity contribution is 0.409. The van der Waals surface area contributed by atoms with Crippen molar-refractivity contribution in [2.75, 3.05) is 6.54 Å². The molecule has 0 bridgehead atoms. The monoisotopic (exact) mass is 224 g/mol. The molecule has 4 heteroatoms. The van der Waals surface area contributed by atoms with E-state index in [9.17, 15) is 0 Å². The Morgan fingerprint density at radius 3 is 2.56 bits per heavy atom. The van der Waals surface area contributed by atoms with E-state index >= 15 is 0 Å². The van der Waals surface area contributed by atoms with Gasteiger partial charge in [-0.15, -0.1) is 0 Å². The minimum absolute atomic E-state index is 0.455. The van der Waals surface area contributed by atoms with Crippen LogP contribution < -0.4 is 16.6 Å². The number of hydrazine groups is 1. The van der Waals surface area contributed by atoms with E-state index in [1.165, 1.54) is 44.9 Å². The quantitative estimate of drug-likeness (QED) is 0.295. The van der Waals surface area contributed by atoms with Crippen LogP contribution in [0.3, 0.4) is 0 Å². The van der Waals surface area contributed by atoms with Crippen molar-refractivity contribution in [2.45, 2.75) is 57.9 Å². The summed E-state index contributed by atoms with van der Waals surface area (Å²) in [6, 6.07) is 0.565. The standard InChI is InChI=1S/C12H24N4/c1-12(7-8-12)9-14-11(16-13)15-10-5-3-2-4-6-10/h10H,2-9,13H2,1H3,(H2,14,15,16). The maximum Gasteiger partial charge on any atom is 0.205 e. The van der Waals surface area contributed by atoms with Gasteiger partial charge in [-0.1, -0.05) is 26.2 Å². The lowest BCUT2D eigenvalue weighted by Crippen LogP contribution is -2.47. The molecule has 0 unspecified atom stereocenters. The third kappa shape index (κ3) is 3.37. The molecule has 2 rings (SSSR count). The molecular weight excluding hydrogens is 200 g/mol. The topological polar surface area (TPSA) is 62.4 Å². The summed E-state index contributed by atoms with van der Waals surface area (Å²) in [6.45, 7) is 3.18. The number of hydrogen-bond acceptors (Lipinski definition) is 2. The Kier molecular flexibility index (Phi) is 3.69. The third-order valence-electron chi connectivity index (χ3n) is 3.81. The van der Waals surface area contributed by atoms with Crippen molar-refractivity contribution in [1.29, 1.82) is 0 Å². The van der Waals surface area contributed by atoms with Gasteiger partial charge in [0.15, 0.2) is 0 Å². The van der Waals surface area contributed by atoms with Crippen molar-refractivity contribution in [3.8, 4) is 0 Å². The van der Waals surface area contributed by atoms with Crippen molar-refractivity contribution in [1.82, 2.24) is 10.7 Å². The number of nitrogens with one attached hydrogen (secondary N) is 2. The summed E-state index contributed by atoms with van der Waals surface area (Å²) in [4.78, 5) is 4.54. The molecule has 0 heterocycles. The second-order valence-electron chi connectivity index (χ2n) is 5.60. The molecule has 2 aliphatic carbocycles. The van der Waals surface area contributed by atoms with Crippen LogP contribution in [-0.2, 0) is 0 Å². The third-order valence-corrected chi connectivity index (χ3v) is 3.81. The van der Waals surface area contributed by atoms with Crippen molar-refractivity contribution in [3.05, 3.63) is 0 Å². The molecule has 0 spiro atoms.